The zero-order valence-corrected chi connectivity index (χ0v) is 13.6. The van der Waals surface area contributed by atoms with Crippen molar-refractivity contribution >= 4 is 5.97 Å². The molecule has 1 rings (SSSR count). The third kappa shape index (κ3) is 7.24. The average Bonchev–Trinajstić information content (AvgIpc) is 3.17. The smallest absolute Gasteiger partial charge is 0.303 e. The van der Waals surface area contributed by atoms with E-state index in [1.54, 1.807) is 6.92 Å². The number of aliphatic hydroxyl groups is 1. The number of nitrogens with zero attached hydrogens (tertiary/aromatic N) is 1. The second-order valence-electron chi connectivity index (χ2n) is 6.44. The summed E-state index contributed by atoms with van der Waals surface area (Å²) in [6.07, 6.45) is 9.93. The van der Waals surface area contributed by atoms with Crippen LogP contribution in [0.15, 0.2) is 0 Å². The summed E-state index contributed by atoms with van der Waals surface area (Å²) < 4.78 is 5.22. The summed E-state index contributed by atoms with van der Waals surface area (Å²) in [5, 5.41) is 27.3. The molecule has 5 nitrogen and oxygen atoms in total. The van der Waals surface area contributed by atoms with E-state index >= 15 is 0 Å². The van der Waals surface area contributed by atoms with Crippen LogP contribution >= 0.6 is 0 Å². The molecule has 0 unspecified atom stereocenters. The first kappa shape index (κ1) is 18.9. The number of ether oxygens (including phenoxy) is 1. The molecule has 1 heterocycles. The molecular formula is C17H29NO4. The number of hydrogen-bond donors (Lipinski definition) is 2. The molecule has 0 saturated carbocycles. The van der Waals surface area contributed by atoms with Gasteiger partial charge in [0.2, 0.25) is 0 Å². The van der Waals surface area contributed by atoms with Crippen LogP contribution in [0.25, 0.3) is 0 Å². The maximum Gasteiger partial charge on any atom is 0.303 e. The number of carbonyl (C=O) groups is 1. The minimum atomic E-state index is -0.764. The van der Waals surface area contributed by atoms with E-state index < -0.39 is 17.7 Å². The van der Waals surface area contributed by atoms with Crippen molar-refractivity contribution in [1.82, 2.24) is 0 Å². The van der Waals surface area contributed by atoms with Crippen LogP contribution in [-0.2, 0) is 9.53 Å². The molecule has 0 spiro atoms. The van der Waals surface area contributed by atoms with Crippen LogP contribution in [0.2, 0.25) is 0 Å². The van der Waals surface area contributed by atoms with Gasteiger partial charge in [-0.05, 0) is 19.8 Å². The molecule has 0 bridgehead atoms. The molecule has 1 aliphatic rings. The van der Waals surface area contributed by atoms with Crippen molar-refractivity contribution in [3.8, 4) is 6.07 Å². The first-order chi connectivity index (χ1) is 10.5. The number of hydrogen-bond acceptors (Lipinski definition) is 4. The lowest BCUT2D eigenvalue weighted by atomic mass is 10.00. The topological polar surface area (TPSA) is 93.9 Å². The van der Waals surface area contributed by atoms with Gasteiger partial charge in [0.15, 0.2) is 5.60 Å². The molecule has 0 aliphatic carbocycles. The van der Waals surface area contributed by atoms with Gasteiger partial charge in [-0.2, -0.15) is 5.26 Å². The highest BCUT2D eigenvalue weighted by molar-refractivity contribution is 5.66. The summed E-state index contributed by atoms with van der Waals surface area (Å²) in [7, 11) is 0. The predicted octanol–water partition coefficient (Wildman–Crippen LogP) is 3.40. The van der Waals surface area contributed by atoms with Gasteiger partial charge in [-0.1, -0.05) is 51.4 Å². The number of aliphatic hydroxyl groups excluding tert-OH is 1. The lowest BCUT2D eigenvalue weighted by molar-refractivity contribution is -0.137. The van der Waals surface area contributed by atoms with Gasteiger partial charge < -0.3 is 14.9 Å². The summed E-state index contributed by atoms with van der Waals surface area (Å²) >= 11 is 0. The van der Waals surface area contributed by atoms with Crippen molar-refractivity contribution in [3.05, 3.63) is 0 Å². The number of unbranched alkanes of at least 4 members (excludes halogenated alkanes) is 8. The van der Waals surface area contributed by atoms with Crippen LogP contribution < -0.4 is 0 Å². The molecular weight excluding hydrogens is 282 g/mol. The molecule has 3 atom stereocenters. The zero-order chi connectivity index (χ0) is 16.4. The Morgan fingerprint density at radius 2 is 1.64 bits per heavy atom. The molecule has 1 aliphatic heterocycles. The molecule has 126 valence electrons. The van der Waals surface area contributed by atoms with Crippen LogP contribution in [0, 0.1) is 11.3 Å². The fourth-order valence-corrected chi connectivity index (χ4v) is 2.78. The Balaban J connectivity index is 1.83. The number of aliphatic carboxylic acids is 1. The van der Waals surface area contributed by atoms with E-state index in [2.05, 4.69) is 6.07 Å². The van der Waals surface area contributed by atoms with Gasteiger partial charge in [0.25, 0.3) is 0 Å². The van der Waals surface area contributed by atoms with Crippen molar-refractivity contribution in [2.24, 2.45) is 0 Å². The molecule has 0 amide bonds. The van der Waals surface area contributed by atoms with E-state index in [0.29, 0.717) is 6.42 Å². The van der Waals surface area contributed by atoms with Crippen LogP contribution in [0.5, 0.6) is 0 Å². The van der Waals surface area contributed by atoms with Crippen LogP contribution in [0.3, 0.4) is 0 Å². The lowest BCUT2D eigenvalue weighted by Crippen LogP contribution is -2.21. The molecule has 2 N–H and O–H groups in total. The van der Waals surface area contributed by atoms with E-state index in [9.17, 15) is 9.90 Å². The molecule has 0 aromatic rings. The average molecular weight is 311 g/mol. The summed E-state index contributed by atoms with van der Waals surface area (Å²) in [6.45, 7) is 1.72. The number of rotatable bonds is 13. The van der Waals surface area contributed by atoms with E-state index in [4.69, 9.17) is 15.1 Å². The van der Waals surface area contributed by atoms with Gasteiger partial charge in [0.05, 0.1) is 6.10 Å². The van der Waals surface area contributed by atoms with Gasteiger partial charge in [-0.3, -0.25) is 4.79 Å². The van der Waals surface area contributed by atoms with Crippen molar-refractivity contribution in [1.29, 1.82) is 5.26 Å². The van der Waals surface area contributed by atoms with Gasteiger partial charge in [-0.15, -0.1) is 0 Å². The van der Waals surface area contributed by atoms with Crippen molar-refractivity contribution < 1.29 is 19.7 Å². The maximum atomic E-state index is 10.3. The molecule has 22 heavy (non-hydrogen) atoms. The minimum absolute atomic E-state index is 0.290. The summed E-state index contributed by atoms with van der Waals surface area (Å²) in [4.78, 5) is 10.3. The van der Waals surface area contributed by atoms with E-state index in [1.807, 2.05) is 0 Å². The molecule has 0 aromatic heterocycles. The highest BCUT2D eigenvalue weighted by atomic mass is 16.6. The van der Waals surface area contributed by atoms with E-state index in [-0.39, 0.29) is 12.5 Å². The first-order valence-electron chi connectivity index (χ1n) is 8.48. The standard InChI is InChI=1S/C17H29NO4/c1-17(13-18)16(22-17)14(19)11-9-7-5-3-2-4-6-8-10-12-15(20)21/h14,16,19H,2-12H2,1H3,(H,20,21)/t14-,16-,17+/m0/s1. The van der Waals surface area contributed by atoms with Gasteiger partial charge in [-0.25, -0.2) is 0 Å². The van der Waals surface area contributed by atoms with E-state index in [0.717, 1.165) is 32.1 Å². The van der Waals surface area contributed by atoms with Crippen LogP contribution in [-0.4, -0.2) is 34.0 Å². The van der Waals surface area contributed by atoms with Gasteiger partial charge >= 0.3 is 5.97 Å². The Morgan fingerprint density at radius 1 is 1.14 bits per heavy atom. The number of carboxylic acids is 1. The third-order valence-corrected chi connectivity index (χ3v) is 4.32. The normalized spacial score (nSPS) is 24.7. The van der Waals surface area contributed by atoms with Crippen molar-refractivity contribution in [2.45, 2.75) is 95.4 Å². The second kappa shape index (κ2) is 9.81. The molecule has 1 fully saturated rings. The summed E-state index contributed by atoms with van der Waals surface area (Å²) in [5.41, 5.74) is -0.764. The lowest BCUT2D eigenvalue weighted by Gasteiger charge is -2.07. The maximum absolute atomic E-state index is 10.3. The Kier molecular flexibility index (Phi) is 8.44. The molecule has 5 heteroatoms. The number of carboxylic acid groups (broad SMARTS) is 1. The van der Waals surface area contributed by atoms with Crippen LogP contribution in [0.4, 0.5) is 0 Å². The number of epoxide rings is 1. The van der Waals surface area contributed by atoms with Crippen molar-refractivity contribution in [2.75, 3.05) is 0 Å². The predicted molar refractivity (Wildman–Crippen MR) is 83.3 cm³/mol. The Bertz CT molecular complexity index is 379. The Morgan fingerprint density at radius 3 is 2.09 bits per heavy atom. The Hall–Kier alpha value is -1.12. The fourth-order valence-electron chi connectivity index (χ4n) is 2.78. The monoisotopic (exact) mass is 311 g/mol. The largest absolute Gasteiger partial charge is 0.481 e. The SMILES string of the molecule is C[C@]1(C#N)O[C@H]1[C@@H](O)CCCCCCCCCCCC(=O)O. The van der Waals surface area contributed by atoms with E-state index in [1.165, 1.54) is 25.7 Å². The molecule has 1 saturated heterocycles. The highest BCUT2D eigenvalue weighted by Crippen LogP contribution is 2.38. The first-order valence-corrected chi connectivity index (χ1v) is 8.48. The highest BCUT2D eigenvalue weighted by Gasteiger charge is 2.56. The molecule has 0 radical (unpaired) electrons. The quantitative estimate of drug-likeness (QED) is 0.401. The third-order valence-electron chi connectivity index (χ3n) is 4.32. The zero-order valence-electron chi connectivity index (χ0n) is 13.6. The summed E-state index contributed by atoms with van der Waals surface area (Å²) in [6, 6.07) is 2.08. The van der Waals surface area contributed by atoms with Crippen LogP contribution in [0.1, 0.15) is 77.6 Å². The van der Waals surface area contributed by atoms with Gasteiger partial charge in [0, 0.05) is 6.42 Å². The summed E-state index contributed by atoms with van der Waals surface area (Å²) in [5.74, 6) is -0.700. The Labute approximate surface area is 133 Å². The molecule has 0 aromatic carbocycles. The van der Waals surface area contributed by atoms with Gasteiger partial charge in [0.1, 0.15) is 12.2 Å². The fraction of sp³-hybridized carbons (Fsp3) is 0.882. The number of nitriles is 1. The van der Waals surface area contributed by atoms with Crippen molar-refractivity contribution in [3.63, 3.8) is 0 Å². The minimum Gasteiger partial charge on any atom is -0.481 e. The second-order valence-corrected chi connectivity index (χ2v) is 6.44.